The summed E-state index contributed by atoms with van der Waals surface area (Å²) in [5.41, 5.74) is 0. The van der Waals surface area contributed by atoms with Gasteiger partial charge in [-0.3, -0.25) is 9.59 Å². The third-order valence-corrected chi connectivity index (χ3v) is 5.85. The third-order valence-electron chi connectivity index (χ3n) is 4.52. The van der Waals surface area contributed by atoms with Crippen molar-refractivity contribution in [3.63, 3.8) is 0 Å². The zero-order valence-electron chi connectivity index (χ0n) is 13.1. The molecule has 0 aromatic heterocycles. The average Bonchev–Trinajstić information content (AvgIpc) is 3.00. The van der Waals surface area contributed by atoms with Crippen molar-refractivity contribution in [1.82, 2.24) is 14.1 Å². The molecule has 0 bridgehead atoms. The number of nitrogens with zero attached hydrogens (tertiary/aromatic N) is 3. The molecule has 2 rings (SSSR count). The van der Waals surface area contributed by atoms with Crippen molar-refractivity contribution in [2.45, 2.75) is 38.1 Å². The minimum Gasteiger partial charge on any atom is -0.342 e. The molecule has 2 amide bonds. The molecule has 2 aliphatic rings. The van der Waals surface area contributed by atoms with Gasteiger partial charge in [-0.2, -0.15) is 4.31 Å². The maximum absolute atomic E-state index is 12.2. The molecule has 1 saturated heterocycles. The summed E-state index contributed by atoms with van der Waals surface area (Å²) in [7, 11) is -3.28. The molecule has 0 aromatic carbocycles. The molecule has 0 aromatic rings. The van der Waals surface area contributed by atoms with E-state index in [1.54, 1.807) is 9.80 Å². The standard InChI is InChI=1S/C14H25N3O4S/c1-22(20,21)17(13-4-2-3-5-13)7-6-14(19)16-10-8-15(12-18)9-11-16/h12-13H,2-11H2,1H3. The van der Waals surface area contributed by atoms with Crippen LogP contribution in [0.25, 0.3) is 0 Å². The third kappa shape index (κ3) is 4.42. The van der Waals surface area contributed by atoms with Gasteiger partial charge in [0, 0.05) is 45.2 Å². The summed E-state index contributed by atoms with van der Waals surface area (Å²) in [6.45, 7) is 2.41. The molecule has 1 heterocycles. The van der Waals surface area contributed by atoms with Gasteiger partial charge in [0.1, 0.15) is 0 Å². The van der Waals surface area contributed by atoms with Crippen LogP contribution in [0.1, 0.15) is 32.1 Å². The zero-order chi connectivity index (χ0) is 16.2. The van der Waals surface area contributed by atoms with Gasteiger partial charge in [0.25, 0.3) is 0 Å². The van der Waals surface area contributed by atoms with E-state index in [0.29, 0.717) is 26.2 Å². The van der Waals surface area contributed by atoms with Crippen LogP contribution in [0.5, 0.6) is 0 Å². The van der Waals surface area contributed by atoms with E-state index in [-0.39, 0.29) is 24.9 Å². The Morgan fingerprint density at radius 3 is 2.27 bits per heavy atom. The number of rotatable bonds is 6. The predicted molar refractivity (Wildman–Crippen MR) is 82.6 cm³/mol. The van der Waals surface area contributed by atoms with Crippen molar-refractivity contribution in [2.24, 2.45) is 0 Å². The Morgan fingerprint density at radius 2 is 1.77 bits per heavy atom. The quantitative estimate of drug-likeness (QED) is 0.636. The molecule has 1 aliphatic heterocycles. The van der Waals surface area contributed by atoms with Gasteiger partial charge in [0.15, 0.2) is 0 Å². The van der Waals surface area contributed by atoms with Crippen LogP contribution in [0.3, 0.4) is 0 Å². The predicted octanol–water partition coefficient (Wildman–Crippen LogP) is -0.119. The van der Waals surface area contributed by atoms with Crippen molar-refractivity contribution < 1.29 is 18.0 Å². The lowest BCUT2D eigenvalue weighted by Crippen LogP contribution is -2.49. The maximum Gasteiger partial charge on any atom is 0.224 e. The fraction of sp³-hybridized carbons (Fsp3) is 0.857. The lowest BCUT2D eigenvalue weighted by atomic mass is 10.2. The monoisotopic (exact) mass is 331 g/mol. The van der Waals surface area contributed by atoms with Gasteiger partial charge in [-0.15, -0.1) is 0 Å². The van der Waals surface area contributed by atoms with Crippen molar-refractivity contribution in [2.75, 3.05) is 39.0 Å². The van der Waals surface area contributed by atoms with Crippen LogP contribution in [0.2, 0.25) is 0 Å². The van der Waals surface area contributed by atoms with Crippen LogP contribution in [0, 0.1) is 0 Å². The van der Waals surface area contributed by atoms with Gasteiger partial charge in [0.2, 0.25) is 22.3 Å². The van der Waals surface area contributed by atoms with Crippen LogP contribution in [-0.4, -0.2) is 79.9 Å². The van der Waals surface area contributed by atoms with E-state index in [9.17, 15) is 18.0 Å². The second-order valence-electron chi connectivity index (χ2n) is 6.08. The van der Waals surface area contributed by atoms with Crippen LogP contribution >= 0.6 is 0 Å². The van der Waals surface area contributed by atoms with Crippen molar-refractivity contribution >= 4 is 22.3 Å². The number of amides is 2. The Morgan fingerprint density at radius 1 is 1.18 bits per heavy atom. The molecule has 8 heteroatoms. The fourth-order valence-corrected chi connectivity index (χ4v) is 4.43. The highest BCUT2D eigenvalue weighted by atomic mass is 32.2. The molecule has 2 fully saturated rings. The Bertz CT molecular complexity index is 494. The SMILES string of the molecule is CS(=O)(=O)N(CCC(=O)N1CCN(C=O)CC1)C1CCCC1. The first kappa shape index (κ1) is 17.2. The Kier molecular flexibility index (Phi) is 5.80. The van der Waals surface area contributed by atoms with Crippen LogP contribution in [0.4, 0.5) is 0 Å². The van der Waals surface area contributed by atoms with E-state index in [2.05, 4.69) is 0 Å². The van der Waals surface area contributed by atoms with Crippen molar-refractivity contribution in [3.05, 3.63) is 0 Å². The Labute approximate surface area is 132 Å². The van der Waals surface area contributed by atoms with Crippen LogP contribution < -0.4 is 0 Å². The van der Waals surface area contributed by atoms with E-state index in [4.69, 9.17) is 0 Å². The largest absolute Gasteiger partial charge is 0.342 e. The zero-order valence-corrected chi connectivity index (χ0v) is 13.9. The van der Waals surface area contributed by atoms with E-state index < -0.39 is 10.0 Å². The molecule has 1 aliphatic carbocycles. The number of piperazine rings is 1. The molecule has 22 heavy (non-hydrogen) atoms. The summed E-state index contributed by atoms with van der Waals surface area (Å²) in [5, 5.41) is 0. The van der Waals surface area contributed by atoms with E-state index >= 15 is 0 Å². The van der Waals surface area contributed by atoms with Gasteiger partial charge < -0.3 is 9.80 Å². The molecule has 0 unspecified atom stereocenters. The van der Waals surface area contributed by atoms with E-state index in [1.165, 1.54) is 10.6 Å². The van der Waals surface area contributed by atoms with Crippen molar-refractivity contribution in [1.29, 1.82) is 0 Å². The fourth-order valence-electron chi connectivity index (χ4n) is 3.25. The van der Waals surface area contributed by atoms with Crippen LogP contribution in [-0.2, 0) is 19.6 Å². The maximum atomic E-state index is 12.2. The smallest absolute Gasteiger partial charge is 0.224 e. The summed E-state index contributed by atoms with van der Waals surface area (Å²) in [6.07, 6.45) is 6.12. The number of carbonyl (C=O) groups is 2. The lowest BCUT2D eigenvalue weighted by Gasteiger charge is -2.33. The Hall–Kier alpha value is -1.15. The normalized spacial score (nSPS) is 20.6. The summed E-state index contributed by atoms with van der Waals surface area (Å²) in [6, 6.07) is 0.0507. The highest BCUT2D eigenvalue weighted by molar-refractivity contribution is 7.88. The summed E-state index contributed by atoms with van der Waals surface area (Å²) in [4.78, 5) is 26.3. The number of hydrogen-bond donors (Lipinski definition) is 0. The number of carbonyl (C=O) groups excluding carboxylic acids is 2. The molecule has 0 atom stereocenters. The highest BCUT2D eigenvalue weighted by Crippen LogP contribution is 2.25. The Balaban J connectivity index is 1.86. The average molecular weight is 331 g/mol. The van der Waals surface area contributed by atoms with Gasteiger partial charge >= 0.3 is 0 Å². The minimum absolute atomic E-state index is 0.0304. The molecular formula is C14H25N3O4S. The van der Waals surface area contributed by atoms with Gasteiger partial charge in [-0.25, -0.2) is 8.42 Å². The second kappa shape index (κ2) is 7.41. The van der Waals surface area contributed by atoms with Gasteiger partial charge in [-0.05, 0) is 12.8 Å². The summed E-state index contributed by atoms with van der Waals surface area (Å²) in [5.74, 6) is -0.0304. The topological polar surface area (TPSA) is 78.0 Å². The minimum atomic E-state index is -3.28. The summed E-state index contributed by atoms with van der Waals surface area (Å²) < 4.78 is 25.4. The van der Waals surface area contributed by atoms with Crippen molar-refractivity contribution in [3.8, 4) is 0 Å². The molecule has 126 valence electrons. The molecule has 0 spiro atoms. The first-order chi connectivity index (χ1) is 10.4. The van der Waals surface area contributed by atoms with E-state index in [0.717, 1.165) is 32.1 Å². The van der Waals surface area contributed by atoms with Gasteiger partial charge in [0.05, 0.1) is 6.26 Å². The second-order valence-corrected chi connectivity index (χ2v) is 8.02. The van der Waals surface area contributed by atoms with Gasteiger partial charge in [-0.1, -0.05) is 12.8 Å². The number of hydrogen-bond acceptors (Lipinski definition) is 4. The summed E-state index contributed by atoms with van der Waals surface area (Å²) >= 11 is 0. The number of sulfonamides is 1. The first-order valence-electron chi connectivity index (χ1n) is 7.86. The molecule has 7 nitrogen and oxygen atoms in total. The van der Waals surface area contributed by atoms with Crippen LogP contribution in [0.15, 0.2) is 0 Å². The first-order valence-corrected chi connectivity index (χ1v) is 9.70. The molecule has 0 N–H and O–H groups in total. The lowest BCUT2D eigenvalue weighted by molar-refractivity contribution is -0.135. The highest BCUT2D eigenvalue weighted by Gasteiger charge is 2.30. The van der Waals surface area contributed by atoms with E-state index in [1.807, 2.05) is 0 Å². The molecule has 1 saturated carbocycles. The molecule has 0 radical (unpaired) electrons. The molecular weight excluding hydrogens is 306 g/mol.